The molecule has 0 saturated heterocycles. The highest BCUT2D eigenvalue weighted by Gasteiger charge is 2.03. The third kappa shape index (κ3) is 37.5. The fraction of sp³-hybridized carbons (Fsp3) is 0.659. The molecule has 0 spiro atoms. The lowest BCUT2D eigenvalue weighted by atomic mass is 10.1. The van der Waals surface area contributed by atoms with Crippen LogP contribution < -0.4 is 5.32 Å². The van der Waals surface area contributed by atoms with Crippen LogP contribution in [-0.4, -0.2) is 25.0 Å². The Hall–Kier alpha value is -2.62. The molecule has 0 aromatic heterocycles. The van der Waals surface area contributed by atoms with Crippen molar-refractivity contribution in [3.63, 3.8) is 0 Å². The molecular weight excluding hydrogens is 554 g/mol. The Morgan fingerprint density at radius 1 is 0.489 bits per heavy atom. The van der Waals surface area contributed by atoms with E-state index in [1.165, 1.54) is 70.6 Å². The molecule has 4 nitrogen and oxygen atoms in total. The molecular formula is C41H69NO3. The molecule has 256 valence electrons. The third-order valence-electron chi connectivity index (χ3n) is 7.48. The molecule has 0 unspecified atom stereocenters. The zero-order valence-electron chi connectivity index (χ0n) is 29.3. The summed E-state index contributed by atoms with van der Waals surface area (Å²) in [6.45, 7) is 5.35. The maximum absolute atomic E-state index is 12.0. The maximum atomic E-state index is 12.0. The Morgan fingerprint density at radius 2 is 0.956 bits per heavy atom. The van der Waals surface area contributed by atoms with Gasteiger partial charge in [0.25, 0.3) is 0 Å². The van der Waals surface area contributed by atoms with Crippen molar-refractivity contribution in [3.8, 4) is 0 Å². The molecule has 0 rings (SSSR count). The van der Waals surface area contributed by atoms with Gasteiger partial charge in [0.2, 0.25) is 5.91 Å². The molecule has 4 heteroatoms. The molecule has 1 amide bonds. The Balaban J connectivity index is 3.46. The predicted octanol–water partition coefficient (Wildman–Crippen LogP) is 12.0. The van der Waals surface area contributed by atoms with Gasteiger partial charge in [0.1, 0.15) is 0 Å². The van der Waals surface area contributed by atoms with Gasteiger partial charge < -0.3 is 10.1 Å². The van der Waals surface area contributed by atoms with Crippen molar-refractivity contribution in [3.05, 3.63) is 72.9 Å². The Morgan fingerprint density at radius 3 is 1.53 bits per heavy atom. The van der Waals surface area contributed by atoms with E-state index in [2.05, 4.69) is 92.1 Å². The van der Waals surface area contributed by atoms with Crippen LogP contribution in [0.15, 0.2) is 72.9 Å². The summed E-state index contributed by atoms with van der Waals surface area (Å²) < 4.78 is 5.32. The van der Waals surface area contributed by atoms with Crippen molar-refractivity contribution in [1.29, 1.82) is 0 Å². The van der Waals surface area contributed by atoms with Gasteiger partial charge in [-0.3, -0.25) is 9.59 Å². The van der Waals surface area contributed by atoms with Gasteiger partial charge in [0, 0.05) is 19.4 Å². The summed E-state index contributed by atoms with van der Waals surface area (Å²) in [5, 5.41) is 2.93. The third-order valence-corrected chi connectivity index (χ3v) is 7.48. The van der Waals surface area contributed by atoms with Crippen molar-refractivity contribution < 1.29 is 14.3 Å². The Kier molecular flexibility index (Phi) is 35.4. The van der Waals surface area contributed by atoms with Gasteiger partial charge in [-0.1, -0.05) is 138 Å². The maximum Gasteiger partial charge on any atom is 0.305 e. The van der Waals surface area contributed by atoms with Crippen LogP contribution in [0.4, 0.5) is 0 Å². The zero-order chi connectivity index (χ0) is 32.7. The summed E-state index contributed by atoms with van der Waals surface area (Å²) >= 11 is 0. The molecule has 0 aromatic carbocycles. The second-order valence-electron chi connectivity index (χ2n) is 11.9. The predicted molar refractivity (Wildman–Crippen MR) is 196 cm³/mol. The van der Waals surface area contributed by atoms with E-state index in [1.807, 2.05) is 0 Å². The van der Waals surface area contributed by atoms with Gasteiger partial charge in [-0.05, 0) is 83.5 Å². The Labute approximate surface area is 278 Å². The second kappa shape index (κ2) is 37.6. The summed E-state index contributed by atoms with van der Waals surface area (Å²) in [5.41, 5.74) is 0. The number of unbranched alkanes of at least 4 members (excludes halogenated alkanes) is 12. The summed E-state index contributed by atoms with van der Waals surface area (Å²) in [5.74, 6) is -0.0435. The normalized spacial score (nSPS) is 12.3. The zero-order valence-corrected chi connectivity index (χ0v) is 29.3. The number of carbonyl (C=O) groups excluding carboxylic acids is 2. The number of allylic oxidation sites excluding steroid dienone is 12. The molecule has 0 bridgehead atoms. The minimum Gasteiger partial charge on any atom is -0.466 e. The van der Waals surface area contributed by atoms with Crippen molar-refractivity contribution in [2.75, 3.05) is 13.2 Å². The van der Waals surface area contributed by atoms with Gasteiger partial charge >= 0.3 is 5.97 Å². The number of esters is 1. The highest BCUT2D eigenvalue weighted by Crippen LogP contribution is 2.10. The van der Waals surface area contributed by atoms with Crippen molar-refractivity contribution >= 4 is 11.9 Å². The number of hydrogen-bond donors (Lipinski definition) is 1. The summed E-state index contributed by atoms with van der Waals surface area (Å²) in [6.07, 6.45) is 51.4. The molecule has 0 saturated carbocycles. The smallest absolute Gasteiger partial charge is 0.305 e. The first-order chi connectivity index (χ1) is 22.2. The quantitative estimate of drug-likeness (QED) is 0.0461. The monoisotopic (exact) mass is 624 g/mol. The van der Waals surface area contributed by atoms with E-state index in [0.29, 0.717) is 32.4 Å². The first kappa shape index (κ1) is 42.4. The minimum atomic E-state index is -0.115. The largest absolute Gasteiger partial charge is 0.466 e. The van der Waals surface area contributed by atoms with Gasteiger partial charge in [-0.15, -0.1) is 0 Å². The molecule has 45 heavy (non-hydrogen) atoms. The molecule has 1 N–H and O–H groups in total. The van der Waals surface area contributed by atoms with Crippen LogP contribution in [-0.2, 0) is 14.3 Å². The number of amides is 1. The van der Waals surface area contributed by atoms with Crippen molar-refractivity contribution in [1.82, 2.24) is 5.32 Å². The molecule has 0 radical (unpaired) electrons. The SMILES string of the molecule is CC/C=C/C/C=C/C/C=C/C/C=C/C/C=C/CCCC(=O)NCCCOC(=O)CCCCCCC/C=C/CCCCCCCC. The standard InChI is InChI=1S/C41H69NO3/c1-3-5-7-9-11-13-15-17-19-20-22-23-25-27-29-31-33-36-40(43)42-38-35-39-45-41(44)37-34-32-30-28-26-24-21-18-16-14-12-10-8-6-4-2/h5,7,11,13,17-19,21-23,27,29H,3-4,6,8-10,12,14-16,20,24-26,28,30-39H2,1-2H3,(H,42,43)/b7-5+,13-11+,19-17+,21-18+,23-22+,29-27+. The second-order valence-corrected chi connectivity index (χ2v) is 11.9. The number of rotatable bonds is 32. The molecule has 0 aliphatic carbocycles. The van der Waals surface area contributed by atoms with Crippen LogP contribution in [0, 0.1) is 0 Å². The molecule has 0 aliphatic rings. The van der Waals surface area contributed by atoms with Crippen LogP contribution in [0.25, 0.3) is 0 Å². The summed E-state index contributed by atoms with van der Waals surface area (Å²) in [7, 11) is 0. The molecule has 0 aliphatic heterocycles. The topological polar surface area (TPSA) is 55.4 Å². The van der Waals surface area contributed by atoms with Gasteiger partial charge in [0.15, 0.2) is 0 Å². The fourth-order valence-corrected chi connectivity index (χ4v) is 4.74. The minimum absolute atomic E-state index is 0.0713. The van der Waals surface area contributed by atoms with Crippen LogP contribution in [0.1, 0.15) is 162 Å². The number of ether oxygens (including phenoxy) is 1. The highest BCUT2D eigenvalue weighted by molar-refractivity contribution is 5.75. The van der Waals surface area contributed by atoms with Crippen LogP contribution in [0.5, 0.6) is 0 Å². The molecule has 0 aromatic rings. The summed E-state index contributed by atoms with van der Waals surface area (Å²) in [6, 6.07) is 0. The van der Waals surface area contributed by atoms with E-state index in [1.54, 1.807) is 0 Å². The van der Waals surface area contributed by atoms with Gasteiger partial charge in [0.05, 0.1) is 6.61 Å². The van der Waals surface area contributed by atoms with Crippen LogP contribution in [0.3, 0.4) is 0 Å². The number of carbonyl (C=O) groups is 2. The highest BCUT2D eigenvalue weighted by atomic mass is 16.5. The lowest BCUT2D eigenvalue weighted by Crippen LogP contribution is -2.25. The fourth-order valence-electron chi connectivity index (χ4n) is 4.74. The van der Waals surface area contributed by atoms with Gasteiger partial charge in [-0.2, -0.15) is 0 Å². The van der Waals surface area contributed by atoms with Crippen LogP contribution in [0.2, 0.25) is 0 Å². The van der Waals surface area contributed by atoms with Crippen LogP contribution >= 0.6 is 0 Å². The Bertz CT molecular complexity index is 834. The van der Waals surface area contributed by atoms with E-state index in [0.717, 1.165) is 57.8 Å². The van der Waals surface area contributed by atoms with E-state index in [9.17, 15) is 9.59 Å². The van der Waals surface area contributed by atoms with E-state index < -0.39 is 0 Å². The average Bonchev–Trinajstić information content (AvgIpc) is 3.04. The van der Waals surface area contributed by atoms with Crippen molar-refractivity contribution in [2.45, 2.75) is 162 Å². The summed E-state index contributed by atoms with van der Waals surface area (Å²) in [4.78, 5) is 23.9. The first-order valence-corrected chi connectivity index (χ1v) is 18.5. The number of hydrogen-bond acceptors (Lipinski definition) is 3. The van der Waals surface area contributed by atoms with Crippen molar-refractivity contribution in [2.24, 2.45) is 0 Å². The molecule has 0 fully saturated rings. The number of nitrogens with one attached hydrogen (secondary N) is 1. The van der Waals surface area contributed by atoms with E-state index in [-0.39, 0.29) is 11.9 Å². The molecule has 0 atom stereocenters. The average molecular weight is 624 g/mol. The van der Waals surface area contributed by atoms with E-state index in [4.69, 9.17) is 4.74 Å². The van der Waals surface area contributed by atoms with E-state index >= 15 is 0 Å². The molecule has 0 heterocycles. The lowest BCUT2D eigenvalue weighted by molar-refractivity contribution is -0.143. The first-order valence-electron chi connectivity index (χ1n) is 18.5. The van der Waals surface area contributed by atoms with Gasteiger partial charge in [-0.25, -0.2) is 0 Å². The lowest BCUT2D eigenvalue weighted by Gasteiger charge is -2.06.